The molecule has 2 nitrogen and oxygen atoms in total. The van der Waals surface area contributed by atoms with Crippen molar-refractivity contribution in [1.29, 1.82) is 0 Å². The normalized spacial score (nSPS) is 22.9. The first-order valence-electron chi connectivity index (χ1n) is 4.41. The zero-order valence-corrected chi connectivity index (χ0v) is 10.2. The quantitative estimate of drug-likeness (QED) is 0.445. The third-order valence-corrected chi connectivity index (χ3v) is 3.66. The van der Waals surface area contributed by atoms with E-state index < -0.39 is 0 Å². The second-order valence-electron chi connectivity index (χ2n) is 3.69. The van der Waals surface area contributed by atoms with Crippen LogP contribution >= 0.6 is 22.6 Å². The van der Waals surface area contributed by atoms with Crippen LogP contribution < -0.4 is 0 Å². The maximum absolute atomic E-state index is 2.46. The molecule has 3 heteroatoms. The van der Waals surface area contributed by atoms with Gasteiger partial charge in [0.15, 0.2) is 4.17 Å². The van der Waals surface area contributed by atoms with Gasteiger partial charge in [-0.25, -0.2) is 0 Å². The Morgan fingerprint density at radius 1 is 1.42 bits per heavy atom. The Balaban J connectivity index is 2.30. The molecule has 12 heavy (non-hydrogen) atoms. The lowest BCUT2D eigenvalue weighted by Gasteiger charge is -2.25. The highest BCUT2D eigenvalue weighted by Gasteiger charge is 2.19. The first-order chi connectivity index (χ1) is 5.61. The fraction of sp³-hybridized carbons (Fsp3) is 0.778. The molecule has 1 unspecified atom stereocenters. The highest BCUT2D eigenvalue weighted by Crippen LogP contribution is 2.20. The van der Waals surface area contributed by atoms with Crippen molar-refractivity contribution in [1.82, 2.24) is 9.80 Å². The molecule has 0 spiro atoms. The average Bonchev–Trinajstić information content (AvgIpc) is 2.30. The SMILES string of the molecule is CC(C)CCN1C=CN(C)C1I. The number of hydrogen-bond donors (Lipinski definition) is 0. The van der Waals surface area contributed by atoms with Gasteiger partial charge < -0.3 is 9.80 Å². The van der Waals surface area contributed by atoms with E-state index in [0.29, 0.717) is 4.17 Å². The molecule has 0 radical (unpaired) electrons. The summed E-state index contributed by atoms with van der Waals surface area (Å²) >= 11 is 2.46. The Labute approximate surface area is 88.7 Å². The molecule has 0 fully saturated rings. The summed E-state index contributed by atoms with van der Waals surface area (Å²) in [5, 5.41) is 0. The van der Waals surface area contributed by atoms with Crippen LogP contribution in [0.1, 0.15) is 20.3 Å². The maximum atomic E-state index is 2.46. The molecule has 1 atom stereocenters. The molecule has 1 heterocycles. The second kappa shape index (κ2) is 4.35. The van der Waals surface area contributed by atoms with Crippen molar-refractivity contribution in [2.45, 2.75) is 24.4 Å². The van der Waals surface area contributed by atoms with Crippen molar-refractivity contribution >= 4 is 22.6 Å². The lowest BCUT2D eigenvalue weighted by Crippen LogP contribution is -2.31. The van der Waals surface area contributed by atoms with Crippen molar-refractivity contribution in [2.75, 3.05) is 13.6 Å². The summed E-state index contributed by atoms with van der Waals surface area (Å²) in [4.78, 5) is 4.60. The molecule has 0 aromatic heterocycles. The predicted octanol–water partition coefficient (Wildman–Crippen LogP) is 2.47. The fourth-order valence-electron chi connectivity index (χ4n) is 1.16. The van der Waals surface area contributed by atoms with Crippen LogP contribution in [0.3, 0.4) is 0 Å². The van der Waals surface area contributed by atoms with Gasteiger partial charge in [-0.2, -0.15) is 0 Å². The van der Waals surface area contributed by atoms with Crippen molar-refractivity contribution in [3.05, 3.63) is 12.4 Å². The first-order valence-corrected chi connectivity index (χ1v) is 5.66. The van der Waals surface area contributed by atoms with Gasteiger partial charge in [0.25, 0.3) is 0 Å². The Morgan fingerprint density at radius 3 is 2.50 bits per heavy atom. The second-order valence-corrected chi connectivity index (χ2v) is 4.81. The van der Waals surface area contributed by atoms with Crippen LogP contribution in [0.2, 0.25) is 0 Å². The van der Waals surface area contributed by atoms with Crippen LogP contribution in [-0.4, -0.2) is 27.6 Å². The van der Waals surface area contributed by atoms with Gasteiger partial charge in [-0.15, -0.1) is 0 Å². The van der Waals surface area contributed by atoms with E-state index in [0.717, 1.165) is 5.92 Å². The Hall–Kier alpha value is 0.0700. The Kier molecular flexibility index (Phi) is 3.68. The molecule has 1 rings (SSSR count). The molecule has 70 valence electrons. The van der Waals surface area contributed by atoms with E-state index in [9.17, 15) is 0 Å². The van der Waals surface area contributed by atoms with E-state index in [1.807, 2.05) is 0 Å². The number of nitrogens with zero attached hydrogens (tertiary/aromatic N) is 2. The largest absolute Gasteiger partial charge is 0.351 e. The van der Waals surface area contributed by atoms with Crippen molar-refractivity contribution in [3.63, 3.8) is 0 Å². The van der Waals surface area contributed by atoms with Gasteiger partial charge in [0, 0.05) is 26.0 Å². The van der Waals surface area contributed by atoms with Crippen molar-refractivity contribution in [2.24, 2.45) is 5.92 Å². The summed E-state index contributed by atoms with van der Waals surface area (Å²) in [5.41, 5.74) is 0. The fourth-order valence-corrected chi connectivity index (χ4v) is 1.81. The molecular weight excluding hydrogens is 263 g/mol. The number of rotatable bonds is 3. The summed E-state index contributed by atoms with van der Waals surface area (Å²) in [6.07, 6.45) is 5.59. The molecule has 1 aliphatic rings. The highest BCUT2D eigenvalue weighted by atomic mass is 127. The molecule has 0 aromatic rings. The maximum Gasteiger partial charge on any atom is 0.154 e. The van der Waals surface area contributed by atoms with Crippen LogP contribution in [0.4, 0.5) is 0 Å². The zero-order valence-electron chi connectivity index (χ0n) is 8.00. The van der Waals surface area contributed by atoms with Gasteiger partial charge >= 0.3 is 0 Å². The first kappa shape index (κ1) is 10.2. The number of alkyl halides is 1. The van der Waals surface area contributed by atoms with Gasteiger partial charge in [-0.1, -0.05) is 13.8 Å². The van der Waals surface area contributed by atoms with Crippen LogP contribution in [0.5, 0.6) is 0 Å². The van der Waals surface area contributed by atoms with E-state index in [1.54, 1.807) is 0 Å². The van der Waals surface area contributed by atoms with Crippen LogP contribution in [0, 0.1) is 5.92 Å². The minimum Gasteiger partial charge on any atom is -0.351 e. The molecule has 0 amide bonds. The molecule has 0 saturated carbocycles. The van der Waals surface area contributed by atoms with Crippen molar-refractivity contribution < 1.29 is 0 Å². The van der Waals surface area contributed by atoms with E-state index in [1.165, 1.54) is 13.0 Å². The Bertz CT molecular complexity index is 168. The minimum absolute atomic E-state index is 0.515. The van der Waals surface area contributed by atoms with E-state index in [2.05, 4.69) is 65.7 Å². The number of halogens is 1. The summed E-state index contributed by atoms with van der Waals surface area (Å²) in [7, 11) is 2.11. The Morgan fingerprint density at radius 2 is 2.08 bits per heavy atom. The van der Waals surface area contributed by atoms with Gasteiger partial charge in [0.1, 0.15) is 0 Å². The van der Waals surface area contributed by atoms with Gasteiger partial charge in [-0.3, -0.25) is 0 Å². The van der Waals surface area contributed by atoms with Gasteiger partial charge in [-0.05, 0) is 34.9 Å². The lowest BCUT2D eigenvalue weighted by molar-refractivity contribution is 0.265. The summed E-state index contributed by atoms with van der Waals surface area (Å²) in [6, 6.07) is 0. The third-order valence-electron chi connectivity index (χ3n) is 2.07. The smallest absolute Gasteiger partial charge is 0.154 e. The van der Waals surface area contributed by atoms with Gasteiger partial charge in [0.2, 0.25) is 0 Å². The average molecular weight is 280 g/mol. The van der Waals surface area contributed by atoms with E-state index in [-0.39, 0.29) is 0 Å². The third kappa shape index (κ3) is 2.54. The van der Waals surface area contributed by atoms with Crippen LogP contribution in [0.15, 0.2) is 12.4 Å². The molecular formula is C9H17IN2. The van der Waals surface area contributed by atoms with Crippen LogP contribution in [-0.2, 0) is 0 Å². The lowest BCUT2D eigenvalue weighted by atomic mass is 10.1. The topological polar surface area (TPSA) is 6.48 Å². The number of hydrogen-bond acceptors (Lipinski definition) is 2. The zero-order chi connectivity index (χ0) is 9.14. The minimum atomic E-state index is 0.515. The molecule has 0 aliphatic carbocycles. The summed E-state index contributed by atoms with van der Waals surface area (Å²) < 4.78 is 0.515. The molecule has 0 bridgehead atoms. The standard InChI is InChI=1S/C9H17IN2/c1-8(2)4-5-12-7-6-11(3)9(12)10/h6-9H,4-5H2,1-3H3. The summed E-state index contributed by atoms with van der Waals surface area (Å²) in [6.45, 7) is 5.71. The molecule has 0 saturated heterocycles. The summed E-state index contributed by atoms with van der Waals surface area (Å²) in [5.74, 6) is 0.799. The monoisotopic (exact) mass is 280 g/mol. The highest BCUT2D eigenvalue weighted by molar-refractivity contribution is 14.1. The van der Waals surface area contributed by atoms with E-state index in [4.69, 9.17) is 0 Å². The van der Waals surface area contributed by atoms with Crippen LogP contribution in [0.25, 0.3) is 0 Å². The predicted molar refractivity (Wildman–Crippen MR) is 60.9 cm³/mol. The molecule has 0 aromatic carbocycles. The van der Waals surface area contributed by atoms with Crippen molar-refractivity contribution in [3.8, 4) is 0 Å². The molecule has 1 aliphatic heterocycles. The van der Waals surface area contributed by atoms with E-state index >= 15 is 0 Å². The van der Waals surface area contributed by atoms with Gasteiger partial charge in [0.05, 0.1) is 0 Å². The molecule has 0 N–H and O–H groups in total.